The van der Waals surface area contributed by atoms with Crippen molar-refractivity contribution in [3.8, 4) is 0 Å². The largest absolute Gasteiger partial charge is 0.322 e. The molecule has 0 bridgehead atoms. The third kappa shape index (κ3) is 4.58. The lowest BCUT2D eigenvalue weighted by Gasteiger charge is -2.09. The Kier molecular flexibility index (Phi) is 5.83. The van der Waals surface area contributed by atoms with E-state index in [4.69, 9.17) is 11.6 Å². The fourth-order valence-electron chi connectivity index (χ4n) is 2.16. The Morgan fingerprint density at radius 1 is 1.24 bits per heavy atom. The van der Waals surface area contributed by atoms with Gasteiger partial charge in [0, 0.05) is 21.6 Å². The summed E-state index contributed by atoms with van der Waals surface area (Å²) in [6.07, 6.45) is 1.86. The third-order valence-electron chi connectivity index (χ3n) is 3.22. The van der Waals surface area contributed by atoms with Crippen LogP contribution in [0.3, 0.4) is 0 Å². The van der Waals surface area contributed by atoms with Gasteiger partial charge in [0.25, 0.3) is 5.91 Å². The summed E-state index contributed by atoms with van der Waals surface area (Å²) in [5, 5.41) is 2.95. The molecular formula is C17H17BrClNO. The van der Waals surface area contributed by atoms with Crippen LogP contribution >= 0.6 is 27.5 Å². The van der Waals surface area contributed by atoms with Crippen LogP contribution in [0.1, 0.15) is 27.9 Å². The summed E-state index contributed by atoms with van der Waals surface area (Å²) >= 11 is 9.12. The highest BCUT2D eigenvalue weighted by molar-refractivity contribution is 9.10. The molecule has 21 heavy (non-hydrogen) atoms. The van der Waals surface area contributed by atoms with Crippen molar-refractivity contribution in [2.24, 2.45) is 0 Å². The third-order valence-corrected chi connectivity index (χ3v) is 3.98. The first kappa shape index (κ1) is 16.1. The summed E-state index contributed by atoms with van der Waals surface area (Å²) in [4.78, 5) is 12.3. The van der Waals surface area contributed by atoms with Crippen LogP contribution in [0.2, 0.25) is 0 Å². The normalized spacial score (nSPS) is 10.4. The fourth-order valence-corrected chi connectivity index (χ4v) is 2.76. The van der Waals surface area contributed by atoms with Gasteiger partial charge in [0.05, 0.1) is 0 Å². The van der Waals surface area contributed by atoms with Crippen molar-refractivity contribution in [1.29, 1.82) is 0 Å². The average molecular weight is 367 g/mol. The fraction of sp³-hybridized carbons (Fsp3) is 0.235. The molecule has 2 rings (SSSR count). The molecule has 4 heteroatoms. The van der Waals surface area contributed by atoms with E-state index in [-0.39, 0.29) is 5.91 Å². The number of hydrogen-bond acceptors (Lipinski definition) is 1. The zero-order valence-electron chi connectivity index (χ0n) is 11.8. The average Bonchev–Trinajstić information content (AvgIpc) is 2.45. The molecule has 0 aliphatic rings. The molecule has 0 fully saturated rings. The Bertz CT molecular complexity index is 642. The van der Waals surface area contributed by atoms with Gasteiger partial charge in [0.1, 0.15) is 0 Å². The quantitative estimate of drug-likeness (QED) is 0.726. The Labute approximate surface area is 138 Å². The predicted octanol–water partition coefficient (Wildman–Crippen LogP) is 5.18. The maximum absolute atomic E-state index is 12.3. The number of carbonyl (C=O) groups is 1. The van der Waals surface area contributed by atoms with E-state index in [1.807, 2.05) is 49.4 Å². The first-order chi connectivity index (χ1) is 10.1. The number of alkyl halides is 1. The smallest absolute Gasteiger partial charge is 0.255 e. The molecular weight excluding hydrogens is 350 g/mol. The van der Waals surface area contributed by atoms with Crippen LogP contribution in [-0.4, -0.2) is 11.8 Å². The molecule has 0 radical (unpaired) electrons. The molecule has 0 saturated carbocycles. The van der Waals surface area contributed by atoms with Gasteiger partial charge in [-0.1, -0.05) is 28.1 Å². The summed E-state index contributed by atoms with van der Waals surface area (Å²) in [5.74, 6) is 0.559. The molecule has 0 unspecified atom stereocenters. The first-order valence-corrected chi connectivity index (χ1v) is 8.15. The second-order valence-corrected chi connectivity index (χ2v) is 6.20. The lowest BCUT2D eigenvalue weighted by atomic mass is 10.1. The van der Waals surface area contributed by atoms with Crippen molar-refractivity contribution in [1.82, 2.24) is 0 Å². The number of benzene rings is 2. The highest BCUT2D eigenvalue weighted by atomic mass is 79.9. The molecule has 110 valence electrons. The molecule has 1 N–H and O–H groups in total. The van der Waals surface area contributed by atoms with Crippen LogP contribution in [0.4, 0.5) is 5.69 Å². The predicted molar refractivity (Wildman–Crippen MR) is 92.3 cm³/mol. The standard InChI is InChI=1S/C17H17BrClNO/c1-12-10-14(18)7-8-16(12)17(21)20-15-6-2-4-13(11-15)5-3-9-19/h2,4,6-8,10-11H,3,5,9H2,1H3,(H,20,21). The number of carbonyl (C=O) groups excluding carboxylic acids is 1. The minimum Gasteiger partial charge on any atom is -0.322 e. The van der Waals surface area contributed by atoms with E-state index in [9.17, 15) is 4.79 Å². The van der Waals surface area contributed by atoms with Crippen LogP contribution in [0.15, 0.2) is 46.9 Å². The van der Waals surface area contributed by atoms with Crippen LogP contribution < -0.4 is 5.32 Å². The maximum Gasteiger partial charge on any atom is 0.255 e. The van der Waals surface area contributed by atoms with Gasteiger partial charge in [0.2, 0.25) is 0 Å². The van der Waals surface area contributed by atoms with E-state index < -0.39 is 0 Å². The number of hydrogen-bond donors (Lipinski definition) is 1. The molecule has 0 aliphatic heterocycles. The second-order valence-electron chi connectivity index (χ2n) is 4.91. The van der Waals surface area contributed by atoms with Crippen molar-refractivity contribution in [2.75, 3.05) is 11.2 Å². The van der Waals surface area contributed by atoms with E-state index in [1.54, 1.807) is 0 Å². The first-order valence-electron chi connectivity index (χ1n) is 6.82. The number of anilines is 1. The van der Waals surface area contributed by atoms with Crippen LogP contribution in [0.5, 0.6) is 0 Å². The lowest BCUT2D eigenvalue weighted by Crippen LogP contribution is -2.13. The summed E-state index contributed by atoms with van der Waals surface area (Å²) in [6, 6.07) is 13.5. The van der Waals surface area contributed by atoms with E-state index in [2.05, 4.69) is 21.2 Å². The number of rotatable bonds is 5. The highest BCUT2D eigenvalue weighted by Gasteiger charge is 2.09. The Hall–Kier alpha value is -1.32. The molecule has 2 aromatic rings. The SMILES string of the molecule is Cc1cc(Br)ccc1C(=O)Nc1cccc(CCCCl)c1. The number of aryl methyl sites for hydroxylation is 2. The monoisotopic (exact) mass is 365 g/mol. The molecule has 0 atom stereocenters. The minimum absolute atomic E-state index is 0.0884. The van der Waals surface area contributed by atoms with E-state index in [0.29, 0.717) is 11.4 Å². The van der Waals surface area contributed by atoms with Gasteiger partial charge >= 0.3 is 0 Å². The highest BCUT2D eigenvalue weighted by Crippen LogP contribution is 2.18. The van der Waals surface area contributed by atoms with Crippen molar-refractivity contribution in [2.45, 2.75) is 19.8 Å². The van der Waals surface area contributed by atoms with Gasteiger partial charge in [-0.2, -0.15) is 0 Å². The van der Waals surface area contributed by atoms with Crippen molar-refractivity contribution in [3.05, 3.63) is 63.6 Å². The van der Waals surface area contributed by atoms with Gasteiger partial charge in [-0.15, -0.1) is 11.6 Å². The molecule has 2 aromatic carbocycles. The van der Waals surface area contributed by atoms with Crippen molar-refractivity contribution in [3.63, 3.8) is 0 Å². The van der Waals surface area contributed by atoms with E-state index in [0.717, 1.165) is 28.6 Å². The van der Waals surface area contributed by atoms with Crippen molar-refractivity contribution >= 4 is 39.1 Å². The molecule has 0 saturated heterocycles. The number of nitrogens with one attached hydrogen (secondary N) is 1. The summed E-state index contributed by atoms with van der Waals surface area (Å²) in [7, 11) is 0. The lowest BCUT2D eigenvalue weighted by molar-refractivity contribution is 0.102. The molecule has 0 spiro atoms. The molecule has 1 amide bonds. The van der Waals surface area contributed by atoms with Crippen LogP contribution in [0, 0.1) is 6.92 Å². The van der Waals surface area contributed by atoms with Gasteiger partial charge < -0.3 is 5.32 Å². The Balaban J connectivity index is 2.12. The maximum atomic E-state index is 12.3. The Morgan fingerprint density at radius 2 is 2.05 bits per heavy atom. The summed E-state index contributed by atoms with van der Waals surface area (Å²) < 4.78 is 0.972. The van der Waals surface area contributed by atoms with Crippen molar-refractivity contribution < 1.29 is 4.79 Å². The van der Waals surface area contributed by atoms with Gasteiger partial charge in [-0.25, -0.2) is 0 Å². The van der Waals surface area contributed by atoms with E-state index in [1.165, 1.54) is 5.56 Å². The van der Waals surface area contributed by atoms with Crippen LogP contribution in [0.25, 0.3) is 0 Å². The van der Waals surface area contributed by atoms with Gasteiger partial charge in [-0.05, 0) is 61.2 Å². The number of amides is 1. The van der Waals surface area contributed by atoms with Crippen LogP contribution in [-0.2, 0) is 6.42 Å². The second kappa shape index (κ2) is 7.62. The summed E-state index contributed by atoms with van der Waals surface area (Å²) in [6.45, 7) is 1.93. The molecule has 0 heterocycles. The zero-order valence-corrected chi connectivity index (χ0v) is 14.2. The molecule has 0 aliphatic carbocycles. The zero-order chi connectivity index (χ0) is 15.2. The van der Waals surface area contributed by atoms with Gasteiger partial charge in [-0.3, -0.25) is 4.79 Å². The number of halogens is 2. The minimum atomic E-state index is -0.0884. The Morgan fingerprint density at radius 3 is 2.76 bits per heavy atom. The summed E-state index contributed by atoms with van der Waals surface area (Å²) in [5.41, 5.74) is 3.62. The van der Waals surface area contributed by atoms with Gasteiger partial charge in [0.15, 0.2) is 0 Å². The molecule has 0 aromatic heterocycles. The molecule has 2 nitrogen and oxygen atoms in total. The van der Waals surface area contributed by atoms with E-state index >= 15 is 0 Å². The topological polar surface area (TPSA) is 29.1 Å².